The van der Waals surface area contributed by atoms with Crippen LogP contribution >= 0.6 is 11.6 Å². The molecule has 4 nitrogen and oxygen atoms in total. The van der Waals surface area contributed by atoms with E-state index in [4.69, 9.17) is 21.1 Å². The van der Waals surface area contributed by atoms with Crippen molar-refractivity contribution in [2.75, 3.05) is 19.0 Å². The Kier molecular flexibility index (Phi) is 4.29. The van der Waals surface area contributed by atoms with E-state index in [0.717, 1.165) is 23.0 Å². The minimum Gasteiger partial charge on any atom is -0.379 e. The van der Waals surface area contributed by atoms with Crippen molar-refractivity contribution in [1.29, 1.82) is 0 Å². The normalized spacial score (nSPS) is 24.8. The van der Waals surface area contributed by atoms with Crippen LogP contribution in [0.15, 0.2) is 30.5 Å². The van der Waals surface area contributed by atoms with Gasteiger partial charge in [-0.3, -0.25) is 4.98 Å². The molecule has 0 saturated heterocycles. The van der Waals surface area contributed by atoms with Gasteiger partial charge in [-0.15, -0.1) is 0 Å². The lowest BCUT2D eigenvalue weighted by Crippen LogP contribution is -2.56. The second kappa shape index (κ2) is 6.18. The van der Waals surface area contributed by atoms with Gasteiger partial charge in [-0.05, 0) is 37.6 Å². The van der Waals surface area contributed by atoms with Gasteiger partial charge in [0.05, 0.1) is 22.7 Å². The number of benzene rings is 1. The first-order valence-electron chi connectivity index (χ1n) is 7.18. The van der Waals surface area contributed by atoms with Gasteiger partial charge in [0.25, 0.3) is 0 Å². The molecule has 0 aliphatic heterocycles. The molecule has 1 N–H and O–H groups in total. The Balaban J connectivity index is 1.82. The van der Waals surface area contributed by atoms with E-state index >= 15 is 0 Å². The largest absolute Gasteiger partial charge is 0.379 e. The molecule has 1 heterocycles. The molecule has 1 aromatic carbocycles. The van der Waals surface area contributed by atoms with Crippen LogP contribution in [0.3, 0.4) is 0 Å². The fourth-order valence-corrected chi connectivity index (χ4v) is 3.09. The molecule has 3 unspecified atom stereocenters. The number of aromatic nitrogens is 1. The molecule has 2 aromatic rings. The number of fused-ring (bicyclic) bond motifs is 1. The number of rotatable bonds is 5. The predicted octanol–water partition coefficient (Wildman–Crippen LogP) is 3.49. The van der Waals surface area contributed by atoms with Gasteiger partial charge in [0, 0.05) is 31.0 Å². The highest BCUT2D eigenvalue weighted by molar-refractivity contribution is 6.35. The van der Waals surface area contributed by atoms with Crippen LogP contribution in [0.4, 0.5) is 5.69 Å². The number of nitrogens with one attached hydrogen (secondary N) is 1. The zero-order chi connectivity index (χ0) is 14.8. The van der Waals surface area contributed by atoms with Crippen molar-refractivity contribution < 1.29 is 9.47 Å². The van der Waals surface area contributed by atoms with Crippen molar-refractivity contribution in [3.63, 3.8) is 0 Å². The highest BCUT2D eigenvalue weighted by Crippen LogP contribution is 2.33. The van der Waals surface area contributed by atoms with Crippen LogP contribution in [0.25, 0.3) is 10.9 Å². The molecule has 1 aliphatic carbocycles. The second-order valence-corrected chi connectivity index (χ2v) is 5.58. The average molecular weight is 307 g/mol. The number of nitrogens with zero attached hydrogens (tertiary/aromatic N) is 1. The fourth-order valence-electron chi connectivity index (χ4n) is 2.88. The van der Waals surface area contributed by atoms with Crippen LogP contribution in [-0.4, -0.2) is 37.0 Å². The van der Waals surface area contributed by atoms with Crippen LogP contribution in [-0.2, 0) is 9.47 Å². The smallest absolute Gasteiger partial charge is 0.103 e. The molecule has 0 bridgehead atoms. The lowest BCUT2D eigenvalue weighted by Gasteiger charge is -2.43. The Morgan fingerprint density at radius 1 is 1.38 bits per heavy atom. The Labute approximate surface area is 129 Å². The molecule has 1 aliphatic rings. The first-order chi connectivity index (χ1) is 10.2. The molecule has 1 aromatic heterocycles. The maximum atomic E-state index is 6.20. The van der Waals surface area contributed by atoms with Gasteiger partial charge in [0.1, 0.15) is 6.10 Å². The standard InChI is InChI=1S/C16H19ClN2O2/c1-3-21-14-9-13(16(14)20-2)19-12-7-6-11(17)15-10(12)5-4-8-18-15/h4-8,13-14,16,19H,3,9H2,1-2H3. The van der Waals surface area contributed by atoms with E-state index in [-0.39, 0.29) is 18.2 Å². The summed E-state index contributed by atoms with van der Waals surface area (Å²) in [6.07, 6.45) is 2.95. The van der Waals surface area contributed by atoms with Crippen molar-refractivity contribution in [2.45, 2.75) is 31.6 Å². The number of anilines is 1. The van der Waals surface area contributed by atoms with E-state index in [1.807, 2.05) is 31.2 Å². The quantitative estimate of drug-likeness (QED) is 0.918. The van der Waals surface area contributed by atoms with Crippen LogP contribution in [0.2, 0.25) is 5.02 Å². The summed E-state index contributed by atoms with van der Waals surface area (Å²) in [5, 5.41) is 5.23. The van der Waals surface area contributed by atoms with Gasteiger partial charge in [-0.1, -0.05) is 11.6 Å². The maximum absolute atomic E-state index is 6.20. The lowest BCUT2D eigenvalue weighted by atomic mass is 9.85. The molecule has 21 heavy (non-hydrogen) atoms. The Morgan fingerprint density at radius 2 is 2.24 bits per heavy atom. The summed E-state index contributed by atoms with van der Waals surface area (Å²) in [5.74, 6) is 0. The number of ether oxygens (including phenoxy) is 2. The summed E-state index contributed by atoms with van der Waals surface area (Å²) >= 11 is 6.20. The van der Waals surface area contributed by atoms with E-state index in [2.05, 4.69) is 10.3 Å². The van der Waals surface area contributed by atoms with Gasteiger partial charge in [0.2, 0.25) is 0 Å². The van der Waals surface area contributed by atoms with Crippen molar-refractivity contribution >= 4 is 28.2 Å². The molecule has 0 radical (unpaired) electrons. The molecular weight excluding hydrogens is 288 g/mol. The van der Waals surface area contributed by atoms with Gasteiger partial charge < -0.3 is 14.8 Å². The van der Waals surface area contributed by atoms with Crippen molar-refractivity contribution in [2.24, 2.45) is 0 Å². The van der Waals surface area contributed by atoms with E-state index in [0.29, 0.717) is 11.6 Å². The fraction of sp³-hybridized carbons (Fsp3) is 0.438. The molecule has 3 rings (SSSR count). The van der Waals surface area contributed by atoms with Crippen LogP contribution in [0.1, 0.15) is 13.3 Å². The number of pyridine rings is 1. The van der Waals surface area contributed by atoms with Crippen LogP contribution in [0, 0.1) is 0 Å². The van der Waals surface area contributed by atoms with Crippen LogP contribution in [0.5, 0.6) is 0 Å². The Bertz CT molecular complexity index is 635. The Hall–Kier alpha value is -1.36. The predicted molar refractivity (Wildman–Crippen MR) is 85.0 cm³/mol. The highest BCUT2D eigenvalue weighted by Gasteiger charge is 2.42. The maximum Gasteiger partial charge on any atom is 0.103 e. The zero-order valence-electron chi connectivity index (χ0n) is 12.2. The van der Waals surface area contributed by atoms with Crippen molar-refractivity contribution in [1.82, 2.24) is 4.98 Å². The monoisotopic (exact) mass is 306 g/mol. The molecule has 3 atom stereocenters. The van der Waals surface area contributed by atoms with Gasteiger partial charge >= 0.3 is 0 Å². The third kappa shape index (κ3) is 2.71. The SMILES string of the molecule is CCOC1CC(Nc2ccc(Cl)c3ncccc23)C1OC. The zero-order valence-corrected chi connectivity index (χ0v) is 12.9. The molecule has 5 heteroatoms. The van der Waals surface area contributed by atoms with Gasteiger partial charge in [-0.2, -0.15) is 0 Å². The number of hydrogen-bond acceptors (Lipinski definition) is 4. The third-order valence-corrected chi connectivity index (χ3v) is 4.27. The van der Waals surface area contributed by atoms with Gasteiger partial charge in [-0.25, -0.2) is 0 Å². The summed E-state index contributed by atoms with van der Waals surface area (Å²) in [5.41, 5.74) is 1.85. The highest BCUT2D eigenvalue weighted by atomic mass is 35.5. The first-order valence-corrected chi connectivity index (χ1v) is 7.56. The molecule has 1 fully saturated rings. The molecule has 1 saturated carbocycles. The van der Waals surface area contributed by atoms with E-state index in [1.165, 1.54) is 0 Å². The summed E-state index contributed by atoms with van der Waals surface area (Å²) < 4.78 is 11.2. The number of hydrogen-bond donors (Lipinski definition) is 1. The first kappa shape index (κ1) is 14.6. The molecular formula is C16H19ClN2O2. The summed E-state index contributed by atoms with van der Waals surface area (Å²) in [7, 11) is 1.73. The van der Waals surface area contributed by atoms with Crippen molar-refractivity contribution in [3.05, 3.63) is 35.5 Å². The summed E-state index contributed by atoms with van der Waals surface area (Å²) in [4.78, 5) is 4.35. The number of halogens is 1. The molecule has 0 amide bonds. The summed E-state index contributed by atoms with van der Waals surface area (Å²) in [6.45, 7) is 2.72. The minimum absolute atomic E-state index is 0.0762. The molecule has 112 valence electrons. The van der Waals surface area contributed by atoms with Crippen LogP contribution < -0.4 is 5.32 Å². The van der Waals surface area contributed by atoms with E-state index in [1.54, 1.807) is 13.3 Å². The number of methoxy groups -OCH3 is 1. The average Bonchev–Trinajstić information content (AvgIpc) is 2.49. The second-order valence-electron chi connectivity index (χ2n) is 5.18. The summed E-state index contributed by atoms with van der Waals surface area (Å²) in [6, 6.07) is 8.06. The van der Waals surface area contributed by atoms with E-state index in [9.17, 15) is 0 Å². The van der Waals surface area contributed by atoms with E-state index < -0.39 is 0 Å². The van der Waals surface area contributed by atoms with Crippen molar-refractivity contribution in [3.8, 4) is 0 Å². The lowest BCUT2D eigenvalue weighted by molar-refractivity contribution is -0.117. The molecule has 0 spiro atoms. The minimum atomic E-state index is 0.0762. The topological polar surface area (TPSA) is 43.4 Å². The third-order valence-electron chi connectivity index (χ3n) is 3.96. The Morgan fingerprint density at radius 3 is 3.00 bits per heavy atom. The van der Waals surface area contributed by atoms with Gasteiger partial charge in [0.15, 0.2) is 0 Å².